The topological polar surface area (TPSA) is 35.2 Å². The minimum Gasteiger partial charge on any atom is -0.377 e. The summed E-state index contributed by atoms with van der Waals surface area (Å²) < 4.78 is 18.6. The van der Waals surface area contributed by atoms with Gasteiger partial charge in [0.05, 0.1) is 6.10 Å². The quantitative estimate of drug-likeness (QED) is 0.878. The Bertz CT molecular complexity index is 366. The molecule has 1 fully saturated rings. The Balaban J connectivity index is 1.85. The van der Waals surface area contributed by atoms with Crippen LogP contribution in [0.3, 0.4) is 0 Å². The van der Waals surface area contributed by atoms with Crippen LogP contribution in [0.25, 0.3) is 0 Å². The molecule has 1 aliphatic rings. The summed E-state index contributed by atoms with van der Waals surface area (Å²) in [6, 6.07) is 4.86. The van der Waals surface area contributed by atoms with Crippen molar-refractivity contribution < 1.29 is 9.13 Å². The predicted octanol–water partition coefficient (Wildman–Crippen LogP) is 2.70. The molecule has 0 aromatic heterocycles. The highest BCUT2D eigenvalue weighted by atomic mass is 32.2. The molecule has 0 radical (unpaired) electrons. The van der Waals surface area contributed by atoms with Gasteiger partial charge in [0.1, 0.15) is 5.82 Å². The average Bonchev–Trinajstić information content (AvgIpc) is 2.84. The van der Waals surface area contributed by atoms with Crippen LogP contribution in [-0.4, -0.2) is 18.5 Å². The van der Waals surface area contributed by atoms with E-state index in [1.54, 1.807) is 0 Å². The van der Waals surface area contributed by atoms with Gasteiger partial charge in [0.25, 0.3) is 0 Å². The summed E-state index contributed by atoms with van der Waals surface area (Å²) in [5.74, 6) is 1.69. The number of hydrogen-bond donors (Lipinski definition) is 1. The van der Waals surface area contributed by atoms with E-state index in [1.165, 1.54) is 25.0 Å². The first-order valence-electron chi connectivity index (χ1n) is 5.96. The Kier molecular flexibility index (Phi) is 4.83. The minimum absolute atomic E-state index is 0.210. The molecule has 0 aliphatic carbocycles. The molecule has 1 aromatic rings. The molecule has 2 nitrogen and oxygen atoms in total. The highest BCUT2D eigenvalue weighted by Gasteiger charge is 2.15. The van der Waals surface area contributed by atoms with E-state index in [4.69, 9.17) is 10.5 Å². The summed E-state index contributed by atoms with van der Waals surface area (Å²) >= 11 is 1.84. The maximum Gasteiger partial charge on any atom is 0.123 e. The second-order valence-electron chi connectivity index (χ2n) is 4.27. The van der Waals surface area contributed by atoms with E-state index in [1.807, 2.05) is 17.8 Å². The van der Waals surface area contributed by atoms with Crippen LogP contribution in [-0.2, 0) is 17.0 Å². The molecule has 1 heterocycles. The first-order chi connectivity index (χ1) is 8.29. The molecule has 1 atom stereocenters. The van der Waals surface area contributed by atoms with E-state index in [2.05, 4.69) is 0 Å². The van der Waals surface area contributed by atoms with Crippen LogP contribution in [0, 0.1) is 5.82 Å². The summed E-state index contributed by atoms with van der Waals surface area (Å²) in [5, 5.41) is 0. The highest BCUT2D eigenvalue weighted by Crippen LogP contribution is 2.22. The normalized spacial score (nSPS) is 19.8. The number of thioether (sulfide) groups is 1. The number of halogens is 1. The van der Waals surface area contributed by atoms with Crippen LogP contribution in [0.4, 0.5) is 4.39 Å². The van der Waals surface area contributed by atoms with E-state index in [0.717, 1.165) is 29.2 Å². The van der Waals surface area contributed by atoms with Crippen molar-refractivity contribution in [3.8, 4) is 0 Å². The van der Waals surface area contributed by atoms with Crippen molar-refractivity contribution in [3.63, 3.8) is 0 Å². The zero-order valence-corrected chi connectivity index (χ0v) is 10.6. The molecular formula is C13H18FNOS. The first-order valence-corrected chi connectivity index (χ1v) is 7.12. The number of nitrogens with two attached hydrogens (primary N) is 1. The predicted molar refractivity (Wildman–Crippen MR) is 69.4 cm³/mol. The fourth-order valence-electron chi connectivity index (χ4n) is 2.00. The highest BCUT2D eigenvalue weighted by molar-refractivity contribution is 7.98. The van der Waals surface area contributed by atoms with Crippen LogP contribution >= 0.6 is 11.8 Å². The van der Waals surface area contributed by atoms with Gasteiger partial charge in [-0.1, -0.05) is 6.07 Å². The van der Waals surface area contributed by atoms with E-state index < -0.39 is 0 Å². The summed E-state index contributed by atoms with van der Waals surface area (Å²) in [4.78, 5) is 0. The van der Waals surface area contributed by atoms with Crippen molar-refractivity contribution in [2.24, 2.45) is 5.73 Å². The second kappa shape index (κ2) is 6.38. The van der Waals surface area contributed by atoms with Crippen LogP contribution < -0.4 is 5.73 Å². The number of hydrogen-bond acceptors (Lipinski definition) is 3. The molecule has 1 aliphatic heterocycles. The van der Waals surface area contributed by atoms with Crippen molar-refractivity contribution in [3.05, 3.63) is 35.1 Å². The molecular weight excluding hydrogens is 237 g/mol. The third kappa shape index (κ3) is 3.69. The standard InChI is InChI=1S/C13H18FNOS/c14-12-4-3-10(11(6-12)7-15)8-17-9-13-2-1-5-16-13/h3-4,6,13H,1-2,5,7-9,15H2. The van der Waals surface area contributed by atoms with Crippen molar-refractivity contribution in [2.45, 2.75) is 31.2 Å². The van der Waals surface area contributed by atoms with E-state index in [-0.39, 0.29) is 5.82 Å². The summed E-state index contributed by atoms with van der Waals surface area (Å²) in [6.45, 7) is 1.30. The zero-order chi connectivity index (χ0) is 12.1. The Morgan fingerprint density at radius 1 is 1.41 bits per heavy atom. The monoisotopic (exact) mass is 255 g/mol. The Labute approximate surface area is 106 Å². The van der Waals surface area contributed by atoms with Crippen molar-refractivity contribution in [1.82, 2.24) is 0 Å². The third-order valence-corrected chi connectivity index (χ3v) is 4.10. The van der Waals surface area contributed by atoms with Gasteiger partial charge in [-0.2, -0.15) is 11.8 Å². The maximum atomic E-state index is 13.0. The van der Waals surface area contributed by atoms with E-state index in [0.29, 0.717) is 12.6 Å². The second-order valence-corrected chi connectivity index (χ2v) is 5.30. The van der Waals surface area contributed by atoms with Crippen LogP contribution in [0.15, 0.2) is 18.2 Å². The SMILES string of the molecule is NCc1cc(F)ccc1CSCC1CCCO1. The molecule has 1 unspecified atom stereocenters. The number of ether oxygens (including phenoxy) is 1. The fourth-order valence-corrected chi connectivity index (χ4v) is 3.15. The Morgan fingerprint density at radius 2 is 2.29 bits per heavy atom. The lowest BCUT2D eigenvalue weighted by molar-refractivity contribution is 0.129. The van der Waals surface area contributed by atoms with Gasteiger partial charge < -0.3 is 10.5 Å². The van der Waals surface area contributed by atoms with Gasteiger partial charge in [0.2, 0.25) is 0 Å². The molecule has 0 spiro atoms. The van der Waals surface area contributed by atoms with E-state index in [9.17, 15) is 4.39 Å². The lowest BCUT2D eigenvalue weighted by atomic mass is 10.1. The van der Waals surface area contributed by atoms with E-state index >= 15 is 0 Å². The van der Waals surface area contributed by atoms with Crippen molar-refractivity contribution in [1.29, 1.82) is 0 Å². The average molecular weight is 255 g/mol. The number of benzene rings is 1. The van der Waals surface area contributed by atoms with Crippen LogP contribution in [0.1, 0.15) is 24.0 Å². The van der Waals surface area contributed by atoms with Crippen molar-refractivity contribution in [2.75, 3.05) is 12.4 Å². The molecule has 1 aromatic carbocycles. The molecule has 0 saturated carbocycles. The minimum atomic E-state index is -0.210. The molecule has 0 bridgehead atoms. The van der Waals surface area contributed by atoms with Gasteiger partial charge in [-0.3, -0.25) is 0 Å². The van der Waals surface area contributed by atoms with Gasteiger partial charge in [-0.05, 0) is 36.1 Å². The lowest BCUT2D eigenvalue weighted by Crippen LogP contribution is -2.08. The van der Waals surface area contributed by atoms with Gasteiger partial charge in [0, 0.05) is 24.7 Å². The van der Waals surface area contributed by atoms with Crippen molar-refractivity contribution >= 4 is 11.8 Å². The summed E-state index contributed by atoms with van der Waals surface area (Å²) in [6.07, 6.45) is 2.75. The summed E-state index contributed by atoms with van der Waals surface area (Å²) in [7, 11) is 0. The first kappa shape index (κ1) is 12.9. The van der Waals surface area contributed by atoms with Gasteiger partial charge in [0.15, 0.2) is 0 Å². The molecule has 0 amide bonds. The molecule has 4 heteroatoms. The Hall–Kier alpha value is -0.580. The zero-order valence-electron chi connectivity index (χ0n) is 9.82. The van der Waals surface area contributed by atoms with Gasteiger partial charge in [-0.15, -0.1) is 0 Å². The largest absolute Gasteiger partial charge is 0.377 e. The Morgan fingerprint density at radius 3 is 3.00 bits per heavy atom. The molecule has 94 valence electrons. The summed E-state index contributed by atoms with van der Waals surface area (Å²) in [5.41, 5.74) is 7.66. The fraction of sp³-hybridized carbons (Fsp3) is 0.538. The maximum absolute atomic E-state index is 13.0. The molecule has 2 rings (SSSR count). The van der Waals surface area contributed by atoms with Gasteiger partial charge in [-0.25, -0.2) is 4.39 Å². The number of rotatable bonds is 5. The third-order valence-electron chi connectivity index (χ3n) is 2.97. The molecule has 1 saturated heterocycles. The molecule has 17 heavy (non-hydrogen) atoms. The lowest BCUT2D eigenvalue weighted by Gasteiger charge is -2.11. The van der Waals surface area contributed by atoms with Gasteiger partial charge >= 0.3 is 0 Å². The smallest absolute Gasteiger partial charge is 0.123 e. The molecule has 2 N–H and O–H groups in total. The van der Waals surface area contributed by atoms with Crippen LogP contribution in [0.5, 0.6) is 0 Å². The van der Waals surface area contributed by atoms with Crippen LogP contribution in [0.2, 0.25) is 0 Å².